The fourth-order valence-electron chi connectivity index (χ4n) is 1.89. The largest absolute Gasteiger partial charge is 0.494 e. The summed E-state index contributed by atoms with van der Waals surface area (Å²) in [4.78, 5) is 11.5. The maximum Gasteiger partial charge on any atom is 0.307 e. The van der Waals surface area contributed by atoms with Gasteiger partial charge in [0.2, 0.25) is 0 Å². The minimum Gasteiger partial charge on any atom is -0.494 e. The van der Waals surface area contributed by atoms with Gasteiger partial charge in [-0.1, -0.05) is 26.0 Å². The molecule has 0 bridgehead atoms. The zero-order valence-corrected chi connectivity index (χ0v) is 12.6. The fourth-order valence-corrected chi connectivity index (χ4v) is 1.89. The third-order valence-corrected chi connectivity index (χ3v) is 2.99. The standard InChI is InChI=1S/C16H25NO3/c1-4-10-17-15(12-16(18)19-3)13-6-8-14(9-7-13)20-11-5-2/h6-9,15,17H,4-5,10-12H2,1-3H3. The van der Waals surface area contributed by atoms with Crippen LogP contribution in [0.15, 0.2) is 24.3 Å². The van der Waals surface area contributed by atoms with Gasteiger partial charge < -0.3 is 14.8 Å². The van der Waals surface area contributed by atoms with Crippen molar-refractivity contribution in [3.63, 3.8) is 0 Å². The van der Waals surface area contributed by atoms with Crippen molar-refractivity contribution in [1.82, 2.24) is 5.32 Å². The van der Waals surface area contributed by atoms with E-state index in [-0.39, 0.29) is 12.0 Å². The molecule has 0 aliphatic heterocycles. The van der Waals surface area contributed by atoms with Crippen molar-refractivity contribution in [2.75, 3.05) is 20.3 Å². The number of hydrogen-bond donors (Lipinski definition) is 1. The van der Waals surface area contributed by atoms with Gasteiger partial charge in [0.1, 0.15) is 5.75 Å². The highest BCUT2D eigenvalue weighted by atomic mass is 16.5. The van der Waals surface area contributed by atoms with E-state index >= 15 is 0 Å². The zero-order chi connectivity index (χ0) is 14.8. The summed E-state index contributed by atoms with van der Waals surface area (Å²) in [7, 11) is 1.42. The lowest BCUT2D eigenvalue weighted by Gasteiger charge is -2.18. The van der Waals surface area contributed by atoms with Crippen LogP contribution in [0.25, 0.3) is 0 Å². The number of carbonyl (C=O) groups excluding carboxylic acids is 1. The Morgan fingerprint density at radius 3 is 2.45 bits per heavy atom. The van der Waals surface area contributed by atoms with Crippen molar-refractivity contribution >= 4 is 5.97 Å². The summed E-state index contributed by atoms with van der Waals surface area (Å²) in [6.07, 6.45) is 2.35. The fraction of sp³-hybridized carbons (Fsp3) is 0.562. The predicted molar refractivity (Wildman–Crippen MR) is 79.9 cm³/mol. The Morgan fingerprint density at radius 2 is 1.90 bits per heavy atom. The second-order valence-corrected chi connectivity index (χ2v) is 4.70. The van der Waals surface area contributed by atoms with Gasteiger partial charge in [-0.3, -0.25) is 4.79 Å². The van der Waals surface area contributed by atoms with Crippen LogP contribution >= 0.6 is 0 Å². The lowest BCUT2D eigenvalue weighted by molar-refractivity contribution is -0.141. The van der Waals surface area contributed by atoms with Crippen LogP contribution in [0.3, 0.4) is 0 Å². The number of esters is 1. The van der Waals surface area contributed by atoms with Gasteiger partial charge in [-0.2, -0.15) is 0 Å². The maximum absolute atomic E-state index is 11.5. The average molecular weight is 279 g/mol. The molecule has 0 aromatic heterocycles. The van der Waals surface area contributed by atoms with Crippen molar-refractivity contribution in [2.24, 2.45) is 0 Å². The third kappa shape index (κ3) is 5.61. The Bertz CT molecular complexity index is 389. The number of benzene rings is 1. The van der Waals surface area contributed by atoms with E-state index in [9.17, 15) is 4.79 Å². The molecule has 4 nitrogen and oxygen atoms in total. The molecule has 0 heterocycles. The second kappa shape index (κ2) is 9.37. The summed E-state index contributed by atoms with van der Waals surface area (Å²) >= 11 is 0. The highest BCUT2D eigenvalue weighted by Crippen LogP contribution is 2.21. The topological polar surface area (TPSA) is 47.6 Å². The molecule has 0 aliphatic carbocycles. The summed E-state index contributed by atoms with van der Waals surface area (Å²) in [5, 5.41) is 3.37. The van der Waals surface area contributed by atoms with Crippen LogP contribution in [-0.4, -0.2) is 26.2 Å². The molecule has 112 valence electrons. The van der Waals surface area contributed by atoms with E-state index < -0.39 is 0 Å². The van der Waals surface area contributed by atoms with Crippen LogP contribution < -0.4 is 10.1 Å². The summed E-state index contributed by atoms with van der Waals surface area (Å²) in [5.74, 6) is 0.660. The average Bonchev–Trinajstić information content (AvgIpc) is 2.49. The molecule has 0 saturated heterocycles. The van der Waals surface area contributed by atoms with E-state index in [4.69, 9.17) is 9.47 Å². The van der Waals surface area contributed by atoms with E-state index in [0.29, 0.717) is 6.42 Å². The molecule has 20 heavy (non-hydrogen) atoms. The van der Waals surface area contributed by atoms with Gasteiger partial charge >= 0.3 is 5.97 Å². The highest BCUT2D eigenvalue weighted by Gasteiger charge is 2.15. The Hall–Kier alpha value is -1.55. The first kappa shape index (κ1) is 16.5. The van der Waals surface area contributed by atoms with Crippen LogP contribution in [0.5, 0.6) is 5.75 Å². The number of hydrogen-bond acceptors (Lipinski definition) is 4. The summed E-state index contributed by atoms with van der Waals surface area (Å²) < 4.78 is 10.3. The first-order valence-corrected chi connectivity index (χ1v) is 7.24. The smallest absolute Gasteiger partial charge is 0.307 e. The van der Waals surface area contributed by atoms with Crippen LogP contribution in [-0.2, 0) is 9.53 Å². The Morgan fingerprint density at radius 1 is 1.20 bits per heavy atom. The van der Waals surface area contributed by atoms with Gasteiger partial charge in [-0.25, -0.2) is 0 Å². The highest BCUT2D eigenvalue weighted by molar-refractivity contribution is 5.70. The minimum absolute atomic E-state index is 0.0115. The van der Waals surface area contributed by atoms with Crippen molar-refractivity contribution in [1.29, 1.82) is 0 Å². The molecule has 0 radical (unpaired) electrons. The monoisotopic (exact) mass is 279 g/mol. The van der Waals surface area contributed by atoms with Gasteiger partial charge in [0.25, 0.3) is 0 Å². The van der Waals surface area contributed by atoms with Crippen molar-refractivity contribution in [3.05, 3.63) is 29.8 Å². The molecular weight excluding hydrogens is 254 g/mol. The van der Waals surface area contributed by atoms with E-state index in [1.54, 1.807) is 0 Å². The lowest BCUT2D eigenvalue weighted by Crippen LogP contribution is -2.25. The van der Waals surface area contributed by atoms with E-state index in [0.717, 1.165) is 37.3 Å². The normalized spacial score (nSPS) is 11.9. The van der Waals surface area contributed by atoms with Crippen molar-refractivity contribution < 1.29 is 14.3 Å². The number of carbonyl (C=O) groups is 1. The van der Waals surface area contributed by atoms with Gasteiger partial charge in [0.15, 0.2) is 0 Å². The molecule has 1 aromatic carbocycles. The quantitative estimate of drug-likeness (QED) is 0.706. The number of methoxy groups -OCH3 is 1. The maximum atomic E-state index is 11.5. The summed E-state index contributed by atoms with van der Waals surface area (Å²) in [5.41, 5.74) is 1.08. The van der Waals surface area contributed by atoms with Gasteiger partial charge in [0.05, 0.1) is 20.1 Å². The van der Waals surface area contributed by atoms with Crippen molar-refractivity contribution in [2.45, 2.75) is 39.2 Å². The van der Waals surface area contributed by atoms with Crippen molar-refractivity contribution in [3.8, 4) is 5.75 Å². The van der Waals surface area contributed by atoms with Gasteiger partial charge in [0, 0.05) is 6.04 Å². The molecule has 0 fully saturated rings. The number of nitrogens with one attached hydrogen (secondary N) is 1. The van der Waals surface area contributed by atoms with Crippen LogP contribution in [0, 0.1) is 0 Å². The number of rotatable bonds is 9. The molecule has 1 unspecified atom stereocenters. The molecule has 4 heteroatoms. The Kier molecular flexibility index (Phi) is 7.73. The van der Waals surface area contributed by atoms with Gasteiger partial charge in [-0.15, -0.1) is 0 Å². The molecule has 0 spiro atoms. The first-order chi connectivity index (χ1) is 9.71. The van der Waals surface area contributed by atoms with Gasteiger partial charge in [-0.05, 0) is 37.1 Å². The Labute approximate surface area is 121 Å². The molecule has 1 N–H and O–H groups in total. The molecule has 1 aromatic rings. The lowest BCUT2D eigenvalue weighted by atomic mass is 10.0. The van der Waals surface area contributed by atoms with Crippen LogP contribution in [0.4, 0.5) is 0 Å². The van der Waals surface area contributed by atoms with Crippen LogP contribution in [0.2, 0.25) is 0 Å². The minimum atomic E-state index is -0.204. The molecule has 0 aliphatic rings. The Balaban J connectivity index is 2.70. The SMILES string of the molecule is CCCNC(CC(=O)OC)c1ccc(OCCC)cc1. The van der Waals surface area contributed by atoms with E-state index in [2.05, 4.69) is 19.2 Å². The molecule has 1 atom stereocenters. The first-order valence-electron chi connectivity index (χ1n) is 7.24. The van der Waals surface area contributed by atoms with E-state index in [1.165, 1.54) is 7.11 Å². The van der Waals surface area contributed by atoms with Crippen LogP contribution in [0.1, 0.15) is 44.7 Å². The third-order valence-electron chi connectivity index (χ3n) is 2.99. The summed E-state index contributed by atoms with van der Waals surface area (Å²) in [6, 6.07) is 7.89. The molecule has 0 amide bonds. The second-order valence-electron chi connectivity index (χ2n) is 4.70. The number of ether oxygens (including phenoxy) is 2. The van der Waals surface area contributed by atoms with E-state index in [1.807, 2.05) is 24.3 Å². The molecular formula is C16H25NO3. The predicted octanol–water partition coefficient (Wildman–Crippen LogP) is 3.08. The summed E-state index contributed by atoms with van der Waals surface area (Å²) in [6.45, 7) is 5.77. The zero-order valence-electron chi connectivity index (χ0n) is 12.6. The molecule has 0 saturated carbocycles. The molecule has 1 rings (SSSR count).